The number of likely N-dealkylation sites (N-methyl/N-ethyl adjacent to an activating group) is 1. The minimum Gasteiger partial charge on any atom is -0.494 e. The molecule has 1 rings (SSSR count). The SMILES string of the molecule is COc1ccc(C(=O)N(C)CCO)cc1F. The number of ether oxygens (including phenoxy) is 1. The maximum Gasteiger partial charge on any atom is 0.253 e. The molecule has 0 bridgehead atoms. The predicted octanol–water partition coefficient (Wildman–Crippen LogP) is 0.899. The molecule has 88 valence electrons. The summed E-state index contributed by atoms with van der Waals surface area (Å²) in [6.45, 7) is 0.0906. The number of carbonyl (C=O) groups excluding carboxylic acids is 1. The first-order chi connectivity index (χ1) is 7.60. The molecule has 1 amide bonds. The third kappa shape index (κ3) is 2.70. The average molecular weight is 227 g/mol. The number of benzene rings is 1. The van der Waals surface area contributed by atoms with Crippen LogP contribution in [-0.2, 0) is 0 Å². The fourth-order valence-electron chi connectivity index (χ4n) is 1.27. The Morgan fingerprint density at radius 3 is 2.75 bits per heavy atom. The normalized spacial score (nSPS) is 10.0. The first-order valence-corrected chi connectivity index (χ1v) is 4.80. The number of aliphatic hydroxyl groups is 1. The van der Waals surface area contributed by atoms with Crippen molar-refractivity contribution in [2.75, 3.05) is 27.3 Å². The lowest BCUT2D eigenvalue weighted by Gasteiger charge is -2.15. The van der Waals surface area contributed by atoms with Crippen LogP contribution in [0.3, 0.4) is 0 Å². The van der Waals surface area contributed by atoms with Gasteiger partial charge in [0.05, 0.1) is 13.7 Å². The second-order valence-electron chi connectivity index (χ2n) is 3.30. The third-order valence-corrected chi connectivity index (χ3v) is 2.18. The molecule has 0 aliphatic heterocycles. The van der Waals surface area contributed by atoms with Crippen molar-refractivity contribution in [1.29, 1.82) is 0 Å². The fraction of sp³-hybridized carbons (Fsp3) is 0.364. The monoisotopic (exact) mass is 227 g/mol. The summed E-state index contributed by atoms with van der Waals surface area (Å²) in [5, 5.41) is 8.68. The van der Waals surface area contributed by atoms with Gasteiger partial charge in [-0.25, -0.2) is 4.39 Å². The molecule has 1 aromatic carbocycles. The zero-order valence-electron chi connectivity index (χ0n) is 9.24. The van der Waals surface area contributed by atoms with Gasteiger partial charge in [0, 0.05) is 19.2 Å². The molecule has 0 spiro atoms. The van der Waals surface area contributed by atoms with E-state index in [1.807, 2.05) is 0 Å². The topological polar surface area (TPSA) is 49.8 Å². The highest BCUT2D eigenvalue weighted by Gasteiger charge is 2.13. The van der Waals surface area contributed by atoms with Gasteiger partial charge >= 0.3 is 0 Å². The van der Waals surface area contributed by atoms with Crippen LogP contribution in [-0.4, -0.2) is 43.2 Å². The van der Waals surface area contributed by atoms with Gasteiger partial charge in [-0.3, -0.25) is 4.79 Å². The van der Waals surface area contributed by atoms with Gasteiger partial charge in [0.2, 0.25) is 0 Å². The van der Waals surface area contributed by atoms with Crippen molar-refractivity contribution >= 4 is 5.91 Å². The van der Waals surface area contributed by atoms with Crippen LogP contribution in [0.5, 0.6) is 5.75 Å². The summed E-state index contributed by atoms with van der Waals surface area (Å²) < 4.78 is 18.1. The van der Waals surface area contributed by atoms with Crippen LogP contribution in [0.4, 0.5) is 4.39 Å². The van der Waals surface area contributed by atoms with Crippen LogP contribution in [0.1, 0.15) is 10.4 Å². The average Bonchev–Trinajstić information content (AvgIpc) is 2.28. The summed E-state index contributed by atoms with van der Waals surface area (Å²) >= 11 is 0. The van der Waals surface area contributed by atoms with E-state index >= 15 is 0 Å². The smallest absolute Gasteiger partial charge is 0.253 e. The van der Waals surface area contributed by atoms with Gasteiger partial charge in [-0.1, -0.05) is 0 Å². The number of carbonyl (C=O) groups is 1. The van der Waals surface area contributed by atoms with Gasteiger partial charge in [-0.05, 0) is 18.2 Å². The first kappa shape index (κ1) is 12.4. The van der Waals surface area contributed by atoms with Gasteiger partial charge < -0.3 is 14.7 Å². The molecule has 1 N–H and O–H groups in total. The molecule has 0 unspecified atom stereocenters. The van der Waals surface area contributed by atoms with Crippen LogP contribution in [0.2, 0.25) is 0 Å². The Kier molecular flexibility index (Phi) is 4.25. The molecule has 0 fully saturated rings. The number of nitrogens with zero attached hydrogens (tertiary/aromatic N) is 1. The summed E-state index contributed by atoms with van der Waals surface area (Å²) in [5.74, 6) is -0.817. The number of aliphatic hydroxyl groups excluding tert-OH is 1. The van der Waals surface area contributed by atoms with Crippen molar-refractivity contribution < 1.29 is 19.0 Å². The summed E-state index contributed by atoms with van der Waals surface area (Å²) in [6, 6.07) is 4.00. The van der Waals surface area contributed by atoms with Gasteiger partial charge in [-0.15, -0.1) is 0 Å². The first-order valence-electron chi connectivity index (χ1n) is 4.80. The number of hydrogen-bond donors (Lipinski definition) is 1. The Balaban J connectivity index is 2.88. The highest BCUT2D eigenvalue weighted by molar-refractivity contribution is 5.94. The number of amides is 1. The molecule has 16 heavy (non-hydrogen) atoms. The zero-order chi connectivity index (χ0) is 12.1. The molecule has 1 aromatic rings. The van der Waals surface area contributed by atoms with E-state index in [1.54, 1.807) is 7.05 Å². The standard InChI is InChI=1S/C11H14FNO3/c1-13(5-6-14)11(15)8-3-4-10(16-2)9(12)7-8/h3-4,7,14H,5-6H2,1-2H3. The van der Waals surface area contributed by atoms with E-state index in [1.165, 1.54) is 24.1 Å². The Morgan fingerprint density at radius 1 is 1.56 bits per heavy atom. The second kappa shape index (κ2) is 5.46. The Labute approximate surface area is 93.3 Å². The zero-order valence-corrected chi connectivity index (χ0v) is 9.24. The predicted molar refractivity (Wildman–Crippen MR) is 57.0 cm³/mol. The van der Waals surface area contributed by atoms with Crippen molar-refractivity contribution in [2.45, 2.75) is 0 Å². The lowest BCUT2D eigenvalue weighted by Crippen LogP contribution is -2.29. The summed E-state index contributed by atoms with van der Waals surface area (Å²) in [5.41, 5.74) is 0.231. The van der Waals surface area contributed by atoms with Crippen LogP contribution in [0.25, 0.3) is 0 Å². The van der Waals surface area contributed by atoms with E-state index in [0.29, 0.717) is 0 Å². The van der Waals surface area contributed by atoms with Crippen molar-refractivity contribution in [3.63, 3.8) is 0 Å². The molecule has 0 saturated carbocycles. The van der Waals surface area contributed by atoms with Gasteiger partial charge in [0.25, 0.3) is 5.91 Å². The molecular weight excluding hydrogens is 213 g/mol. The highest BCUT2D eigenvalue weighted by atomic mass is 19.1. The van der Waals surface area contributed by atoms with E-state index in [0.717, 1.165) is 6.07 Å². The van der Waals surface area contributed by atoms with Crippen molar-refractivity contribution in [3.8, 4) is 5.75 Å². The molecule has 0 aromatic heterocycles. The Hall–Kier alpha value is -1.62. The van der Waals surface area contributed by atoms with Crippen molar-refractivity contribution in [2.24, 2.45) is 0 Å². The number of halogens is 1. The van der Waals surface area contributed by atoms with E-state index < -0.39 is 5.82 Å². The molecule has 0 radical (unpaired) electrons. The molecular formula is C11H14FNO3. The second-order valence-corrected chi connectivity index (χ2v) is 3.30. The number of rotatable bonds is 4. The minimum absolute atomic E-state index is 0.0985. The van der Waals surface area contributed by atoms with E-state index in [-0.39, 0.29) is 30.4 Å². The molecule has 5 heteroatoms. The van der Waals surface area contributed by atoms with Crippen LogP contribution < -0.4 is 4.74 Å². The Bertz CT molecular complexity index is 381. The van der Waals surface area contributed by atoms with Crippen LogP contribution >= 0.6 is 0 Å². The molecule has 0 aliphatic carbocycles. The maximum absolute atomic E-state index is 13.3. The van der Waals surface area contributed by atoms with Crippen molar-refractivity contribution in [1.82, 2.24) is 4.90 Å². The number of methoxy groups -OCH3 is 1. The van der Waals surface area contributed by atoms with E-state index in [2.05, 4.69) is 0 Å². The Morgan fingerprint density at radius 2 is 2.25 bits per heavy atom. The molecule has 0 saturated heterocycles. The molecule has 0 heterocycles. The van der Waals surface area contributed by atoms with E-state index in [4.69, 9.17) is 9.84 Å². The van der Waals surface area contributed by atoms with Gasteiger partial charge in [-0.2, -0.15) is 0 Å². The van der Waals surface area contributed by atoms with Gasteiger partial charge in [0.15, 0.2) is 11.6 Å². The quantitative estimate of drug-likeness (QED) is 0.831. The fourth-order valence-corrected chi connectivity index (χ4v) is 1.27. The van der Waals surface area contributed by atoms with Gasteiger partial charge in [0.1, 0.15) is 0 Å². The number of hydrogen-bond acceptors (Lipinski definition) is 3. The van der Waals surface area contributed by atoms with Crippen LogP contribution in [0.15, 0.2) is 18.2 Å². The largest absolute Gasteiger partial charge is 0.494 e. The third-order valence-electron chi connectivity index (χ3n) is 2.18. The lowest BCUT2D eigenvalue weighted by molar-refractivity contribution is 0.0766. The molecule has 4 nitrogen and oxygen atoms in total. The molecule has 0 atom stereocenters. The highest BCUT2D eigenvalue weighted by Crippen LogP contribution is 2.18. The summed E-state index contributed by atoms with van der Waals surface area (Å²) in [4.78, 5) is 13.0. The van der Waals surface area contributed by atoms with Crippen molar-refractivity contribution in [3.05, 3.63) is 29.6 Å². The molecule has 0 aliphatic rings. The maximum atomic E-state index is 13.3. The summed E-state index contributed by atoms with van der Waals surface area (Å²) in [6.07, 6.45) is 0. The lowest BCUT2D eigenvalue weighted by atomic mass is 10.2. The van der Waals surface area contributed by atoms with Crippen LogP contribution in [0, 0.1) is 5.82 Å². The summed E-state index contributed by atoms with van der Waals surface area (Å²) in [7, 11) is 2.90. The van der Waals surface area contributed by atoms with E-state index in [9.17, 15) is 9.18 Å². The minimum atomic E-state index is -0.578.